The van der Waals surface area contributed by atoms with E-state index in [0.29, 0.717) is 5.69 Å². The predicted molar refractivity (Wildman–Crippen MR) is 51.1 cm³/mol. The maximum absolute atomic E-state index is 11.6. The Labute approximate surface area is 81.3 Å². The first-order chi connectivity index (χ1) is 6.54. The van der Waals surface area contributed by atoms with E-state index in [9.17, 15) is 9.59 Å². The Morgan fingerprint density at radius 2 is 1.93 bits per heavy atom. The summed E-state index contributed by atoms with van der Waals surface area (Å²) in [5.41, 5.74) is 0.729. The highest BCUT2D eigenvalue weighted by Gasteiger charge is 2.14. The number of ketones is 1. The van der Waals surface area contributed by atoms with E-state index in [1.165, 1.54) is 13.8 Å². The third kappa shape index (κ3) is 1.90. The van der Waals surface area contributed by atoms with Crippen LogP contribution in [0.5, 0.6) is 0 Å². The summed E-state index contributed by atoms with van der Waals surface area (Å²) in [4.78, 5) is 24.9. The topological polar surface area (TPSA) is 70.2 Å². The Morgan fingerprint density at radius 3 is 2.36 bits per heavy atom. The minimum atomic E-state index is -1.07. The molecule has 14 heavy (non-hydrogen) atoms. The van der Waals surface area contributed by atoms with Crippen LogP contribution in [-0.4, -0.2) is 21.8 Å². The number of aromatic nitrogens is 1. The second-order valence-electron chi connectivity index (χ2n) is 2.97. The van der Waals surface area contributed by atoms with Crippen LogP contribution in [0.15, 0.2) is 29.5 Å². The number of Topliss-reactive ketones (excluding diaryl/α,β-unsaturated/α-hetero) is 1. The van der Waals surface area contributed by atoms with Crippen LogP contribution < -0.4 is 0 Å². The Kier molecular flexibility index (Phi) is 2.86. The molecular formula is C10H11NO3. The van der Waals surface area contributed by atoms with E-state index in [4.69, 9.17) is 5.11 Å². The number of rotatable bonds is 3. The fourth-order valence-electron chi connectivity index (χ4n) is 1.00. The van der Waals surface area contributed by atoms with E-state index in [2.05, 4.69) is 4.98 Å². The molecule has 0 aliphatic heterocycles. The zero-order valence-corrected chi connectivity index (χ0v) is 8.00. The Bertz CT molecular complexity index is 388. The van der Waals surface area contributed by atoms with Crippen molar-refractivity contribution in [3.05, 3.63) is 35.2 Å². The Morgan fingerprint density at radius 1 is 1.29 bits per heavy atom. The second-order valence-corrected chi connectivity index (χ2v) is 2.97. The molecule has 1 heterocycles. The number of nitrogens with one attached hydrogen (secondary N) is 1. The van der Waals surface area contributed by atoms with Crippen molar-refractivity contribution in [1.82, 2.24) is 4.98 Å². The normalized spacial score (nSPS) is 12.1. The second kappa shape index (κ2) is 3.91. The summed E-state index contributed by atoms with van der Waals surface area (Å²) in [5, 5.41) is 8.68. The molecular weight excluding hydrogens is 182 g/mol. The number of hydrogen-bond acceptors (Lipinski definition) is 2. The molecule has 2 N–H and O–H groups in total. The lowest BCUT2D eigenvalue weighted by atomic mass is 10.1. The van der Waals surface area contributed by atoms with Gasteiger partial charge in [-0.15, -0.1) is 0 Å². The molecule has 1 aromatic rings. The summed E-state index contributed by atoms with van der Waals surface area (Å²) in [6.45, 7) is 2.92. The first-order valence-corrected chi connectivity index (χ1v) is 4.13. The van der Waals surface area contributed by atoms with E-state index >= 15 is 0 Å². The van der Waals surface area contributed by atoms with E-state index in [1.807, 2.05) is 0 Å². The maximum atomic E-state index is 11.6. The van der Waals surface area contributed by atoms with E-state index in [1.54, 1.807) is 18.3 Å². The molecule has 0 unspecified atom stereocenters. The predicted octanol–water partition coefficient (Wildman–Crippen LogP) is 1.62. The van der Waals surface area contributed by atoms with Crippen molar-refractivity contribution in [2.75, 3.05) is 0 Å². The fourth-order valence-corrected chi connectivity index (χ4v) is 1.00. The first kappa shape index (κ1) is 10.2. The largest absolute Gasteiger partial charge is 0.478 e. The van der Waals surface area contributed by atoms with Crippen LogP contribution >= 0.6 is 0 Å². The van der Waals surface area contributed by atoms with Gasteiger partial charge in [0.2, 0.25) is 5.78 Å². The highest BCUT2D eigenvalue weighted by molar-refractivity contribution is 6.11. The van der Waals surface area contributed by atoms with Crippen LogP contribution in [-0.2, 0) is 4.79 Å². The van der Waals surface area contributed by atoms with Gasteiger partial charge in [-0.05, 0) is 26.0 Å². The average Bonchev–Trinajstić information content (AvgIpc) is 2.67. The highest BCUT2D eigenvalue weighted by Crippen LogP contribution is 2.10. The molecule has 0 aromatic carbocycles. The number of carbonyl (C=O) groups is 2. The van der Waals surface area contributed by atoms with Crippen molar-refractivity contribution < 1.29 is 14.7 Å². The first-order valence-electron chi connectivity index (χ1n) is 4.13. The minimum absolute atomic E-state index is 0.0737. The van der Waals surface area contributed by atoms with Gasteiger partial charge in [-0.2, -0.15) is 0 Å². The monoisotopic (exact) mass is 193 g/mol. The van der Waals surface area contributed by atoms with Crippen LogP contribution in [0.2, 0.25) is 0 Å². The van der Waals surface area contributed by atoms with Gasteiger partial charge in [0.1, 0.15) is 0 Å². The average molecular weight is 193 g/mol. The van der Waals surface area contributed by atoms with Crippen molar-refractivity contribution in [2.24, 2.45) is 0 Å². The van der Waals surface area contributed by atoms with Gasteiger partial charge in [-0.25, -0.2) is 4.79 Å². The number of allylic oxidation sites excluding steroid dienone is 1. The van der Waals surface area contributed by atoms with Crippen molar-refractivity contribution in [2.45, 2.75) is 13.8 Å². The zero-order valence-electron chi connectivity index (χ0n) is 8.00. The molecule has 0 fully saturated rings. The third-order valence-corrected chi connectivity index (χ3v) is 2.07. The molecule has 4 nitrogen and oxygen atoms in total. The van der Waals surface area contributed by atoms with Gasteiger partial charge in [0.25, 0.3) is 0 Å². The van der Waals surface area contributed by atoms with Crippen molar-refractivity contribution >= 4 is 11.8 Å². The molecule has 0 aliphatic rings. The van der Waals surface area contributed by atoms with Crippen LogP contribution in [0.4, 0.5) is 0 Å². The van der Waals surface area contributed by atoms with Crippen molar-refractivity contribution in [3.63, 3.8) is 0 Å². The minimum Gasteiger partial charge on any atom is -0.478 e. The number of aliphatic carboxylic acids is 1. The molecule has 4 heteroatoms. The van der Waals surface area contributed by atoms with E-state index in [0.717, 1.165) is 0 Å². The summed E-state index contributed by atoms with van der Waals surface area (Å²) in [6.07, 6.45) is 1.62. The van der Waals surface area contributed by atoms with Gasteiger partial charge < -0.3 is 10.1 Å². The third-order valence-electron chi connectivity index (χ3n) is 2.07. The molecule has 0 bridgehead atoms. The van der Waals surface area contributed by atoms with Crippen LogP contribution in [0, 0.1) is 0 Å². The molecule has 0 atom stereocenters. The number of carboxylic acid groups (broad SMARTS) is 1. The molecule has 0 saturated carbocycles. The molecule has 1 aromatic heterocycles. The summed E-state index contributed by atoms with van der Waals surface area (Å²) >= 11 is 0. The molecule has 0 amide bonds. The zero-order chi connectivity index (χ0) is 10.7. The number of H-pyrrole nitrogens is 1. The van der Waals surface area contributed by atoms with Crippen molar-refractivity contribution in [1.29, 1.82) is 0 Å². The van der Waals surface area contributed by atoms with Gasteiger partial charge in [0.15, 0.2) is 0 Å². The van der Waals surface area contributed by atoms with E-state index < -0.39 is 5.97 Å². The molecule has 0 spiro atoms. The SMILES string of the molecule is C/C(C(=O)O)=C(\C)C(=O)c1ccc[nH]1. The summed E-state index contributed by atoms with van der Waals surface area (Å²) in [7, 11) is 0. The standard InChI is InChI=1S/C10H11NO3/c1-6(7(2)10(13)14)9(12)8-4-3-5-11-8/h3-5,11H,1-2H3,(H,13,14)/b7-6-. The quantitative estimate of drug-likeness (QED) is 0.566. The smallest absolute Gasteiger partial charge is 0.331 e. The Hall–Kier alpha value is -1.84. The molecule has 1 rings (SSSR count). The maximum Gasteiger partial charge on any atom is 0.331 e. The lowest BCUT2D eigenvalue weighted by Gasteiger charge is -2.00. The Balaban J connectivity index is 3.02. The van der Waals surface area contributed by atoms with Gasteiger partial charge in [-0.3, -0.25) is 4.79 Å². The van der Waals surface area contributed by atoms with Gasteiger partial charge in [0.05, 0.1) is 5.69 Å². The number of hydrogen-bond donors (Lipinski definition) is 2. The van der Waals surface area contributed by atoms with Crippen LogP contribution in [0.1, 0.15) is 24.3 Å². The van der Waals surface area contributed by atoms with Gasteiger partial charge >= 0.3 is 5.97 Å². The number of carboxylic acids is 1. The van der Waals surface area contributed by atoms with Crippen LogP contribution in [0.25, 0.3) is 0 Å². The lowest BCUT2D eigenvalue weighted by Crippen LogP contribution is -2.08. The summed E-state index contributed by atoms with van der Waals surface area (Å²) in [6, 6.07) is 3.30. The molecule has 0 radical (unpaired) electrons. The van der Waals surface area contributed by atoms with Crippen LogP contribution in [0.3, 0.4) is 0 Å². The fraction of sp³-hybridized carbons (Fsp3) is 0.200. The van der Waals surface area contributed by atoms with E-state index in [-0.39, 0.29) is 16.9 Å². The molecule has 0 saturated heterocycles. The lowest BCUT2D eigenvalue weighted by molar-refractivity contribution is -0.132. The molecule has 74 valence electrons. The number of aromatic amines is 1. The highest BCUT2D eigenvalue weighted by atomic mass is 16.4. The summed E-state index contributed by atoms with van der Waals surface area (Å²) < 4.78 is 0. The van der Waals surface area contributed by atoms with Gasteiger partial charge in [0, 0.05) is 17.3 Å². The number of carbonyl (C=O) groups excluding carboxylic acids is 1. The van der Waals surface area contributed by atoms with Gasteiger partial charge in [-0.1, -0.05) is 0 Å². The molecule has 0 aliphatic carbocycles. The summed E-state index contributed by atoms with van der Waals surface area (Å²) in [5.74, 6) is -1.35. The van der Waals surface area contributed by atoms with Crippen molar-refractivity contribution in [3.8, 4) is 0 Å².